The van der Waals surface area contributed by atoms with Crippen LogP contribution in [0.1, 0.15) is 6.42 Å². The number of nitrogens with zero attached hydrogens (tertiary/aromatic N) is 4. The summed E-state index contributed by atoms with van der Waals surface area (Å²) >= 11 is 0. The molecule has 1 unspecified atom stereocenters. The summed E-state index contributed by atoms with van der Waals surface area (Å²) in [5.74, 6) is 1.04. The van der Waals surface area contributed by atoms with E-state index >= 15 is 0 Å². The summed E-state index contributed by atoms with van der Waals surface area (Å²) in [6, 6.07) is 1.91. The van der Waals surface area contributed by atoms with Gasteiger partial charge in [0.05, 0.1) is 18.4 Å². The first-order chi connectivity index (χ1) is 8.38. The third-order valence-electron chi connectivity index (χ3n) is 3.22. The number of alkyl halides is 1. The van der Waals surface area contributed by atoms with Crippen molar-refractivity contribution in [3.63, 3.8) is 0 Å². The molecule has 0 spiro atoms. The van der Waals surface area contributed by atoms with Crippen LogP contribution in [-0.2, 0) is 0 Å². The summed E-state index contributed by atoms with van der Waals surface area (Å²) in [5, 5.41) is 0.988. The van der Waals surface area contributed by atoms with Crippen molar-refractivity contribution in [3.05, 3.63) is 24.8 Å². The van der Waals surface area contributed by atoms with Crippen LogP contribution in [0.25, 0.3) is 10.9 Å². The summed E-state index contributed by atoms with van der Waals surface area (Å²) in [7, 11) is 0. The Hall–Kier alpha value is -1.78. The number of aromatic nitrogens is 3. The van der Waals surface area contributed by atoms with Crippen LogP contribution in [0.5, 0.6) is 0 Å². The van der Waals surface area contributed by atoms with Gasteiger partial charge in [0.2, 0.25) is 0 Å². The number of anilines is 1. The van der Waals surface area contributed by atoms with Crippen LogP contribution in [0.2, 0.25) is 0 Å². The highest BCUT2D eigenvalue weighted by molar-refractivity contribution is 5.88. The standard InChI is InChI=1S/C12H13FN4/c13-5-9-2-4-17(7-9)12-10-1-3-14-6-11(10)15-8-16-12/h1,3,6,8-9H,2,4-5,7H2. The van der Waals surface area contributed by atoms with Crippen LogP contribution < -0.4 is 4.90 Å². The van der Waals surface area contributed by atoms with Gasteiger partial charge in [-0.05, 0) is 12.5 Å². The summed E-state index contributed by atoms with van der Waals surface area (Å²) in [5.41, 5.74) is 0.834. The van der Waals surface area contributed by atoms with Crippen LogP contribution in [0.15, 0.2) is 24.8 Å². The molecule has 1 atom stereocenters. The van der Waals surface area contributed by atoms with Crippen molar-refractivity contribution in [3.8, 4) is 0 Å². The Kier molecular flexibility index (Phi) is 2.59. The molecule has 0 N–H and O–H groups in total. The second-order valence-electron chi connectivity index (χ2n) is 4.35. The van der Waals surface area contributed by atoms with E-state index in [9.17, 15) is 4.39 Å². The van der Waals surface area contributed by atoms with Gasteiger partial charge < -0.3 is 4.90 Å². The van der Waals surface area contributed by atoms with Crippen LogP contribution in [0.4, 0.5) is 10.2 Å². The molecule has 0 bridgehead atoms. The van der Waals surface area contributed by atoms with Gasteiger partial charge in [0.1, 0.15) is 12.1 Å². The molecule has 0 aliphatic carbocycles. The minimum Gasteiger partial charge on any atom is -0.356 e. The molecule has 3 heterocycles. The van der Waals surface area contributed by atoms with Crippen LogP contribution in [-0.4, -0.2) is 34.7 Å². The topological polar surface area (TPSA) is 41.9 Å². The molecule has 2 aromatic rings. The van der Waals surface area contributed by atoms with Gasteiger partial charge in [-0.15, -0.1) is 0 Å². The fourth-order valence-corrected chi connectivity index (χ4v) is 2.30. The van der Waals surface area contributed by atoms with Gasteiger partial charge in [-0.2, -0.15) is 0 Å². The van der Waals surface area contributed by atoms with Crippen molar-refractivity contribution in [1.82, 2.24) is 15.0 Å². The summed E-state index contributed by atoms with van der Waals surface area (Å²) < 4.78 is 12.6. The van der Waals surface area contributed by atoms with Gasteiger partial charge in [-0.25, -0.2) is 9.97 Å². The fraction of sp³-hybridized carbons (Fsp3) is 0.417. The zero-order chi connectivity index (χ0) is 11.7. The van der Waals surface area contributed by atoms with Crippen molar-refractivity contribution < 1.29 is 4.39 Å². The van der Waals surface area contributed by atoms with Gasteiger partial charge in [-0.1, -0.05) is 0 Å². The van der Waals surface area contributed by atoms with E-state index in [4.69, 9.17) is 0 Å². The van der Waals surface area contributed by atoms with Gasteiger partial charge in [0.25, 0.3) is 0 Å². The molecule has 4 nitrogen and oxygen atoms in total. The van der Waals surface area contributed by atoms with E-state index in [1.807, 2.05) is 6.07 Å². The third-order valence-corrected chi connectivity index (χ3v) is 3.22. The van der Waals surface area contributed by atoms with E-state index in [-0.39, 0.29) is 12.6 Å². The number of hydrogen-bond donors (Lipinski definition) is 0. The van der Waals surface area contributed by atoms with Crippen molar-refractivity contribution in [2.24, 2.45) is 5.92 Å². The Labute approximate surface area is 98.5 Å². The molecule has 1 aliphatic heterocycles. The fourth-order valence-electron chi connectivity index (χ4n) is 2.30. The first kappa shape index (κ1) is 10.4. The molecule has 1 saturated heterocycles. The molecule has 5 heteroatoms. The minimum absolute atomic E-state index is 0.141. The van der Waals surface area contributed by atoms with E-state index in [1.54, 1.807) is 18.7 Å². The van der Waals surface area contributed by atoms with E-state index in [0.717, 1.165) is 36.2 Å². The lowest BCUT2D eigenvalue weighted by molar-refractivity contribution is 0.385. The van der Waals surface area contributed by atoms with Gasteiger partial charge in [0.15, 0.2) is 0 Å². The average Bonchev–Trinajstić information content (AvgIpc) is 2.87. The number of fused-ring (bicyclic) bond motifs is 1. The predicted octanol–water partition coefficient (Wildman–Crippen LogP) is 1.82. The Morgan fingerprint density at radius 2 is 2.35 bits per heavy atom. The average molecular weight is 232 g/mol. The molecule has 88 valence electrons. The number of rotatable bonds is 2. The zero-order valence-corrected chi connectivity index (χ0v) is 9.38. The highest BCUT2D eigenvalue weighted by Crippen LogP contribution is 2.27. The maximum absolute atomic E-state index is 12.6. The lowest BCUT2D eigenvalue weighted by Crippen LogP contribution is -2.21. The molecule has 0 saturated carbocycles. The van der Waals surface area contributed by atoms with Gasteiger partial charge in [0, 0.05) is 30.6 Å². The summed E-state index contributed by atoms with van der Waals surface area (Å²) in [6.07, 6.45) is 5.90. The molecular weight excluding hydrogens is 219 g/mol. The Morgan fingerprint density at radius 3 is 3.18 bits per heavy atom. The largest absolute Gasteiger partial charge is 0.356 e. The highest BCUT2D eigenvalue weighted by Gasteiger charge is 2.24. The van der Waals surface area contributed by atoms with Gasteiger partial charge >= 0.3 is 0 Å². The Balaban J connectivity index is 2.00. The third kappa shape index (κ3) is 1.81. The summed E-state index contributed by atoms with van der Waals surface area (Å²) in [6.45, 7) is 1.36. The zero-order valence-electron chi connectivity index (χ0n) is 9.38. The molecule has 1 aliphatic rings. The molecule has 17 heavy (non-hydrogen) atoms. The first-order valence-corrected chi connectivity index (χ1v) is 5.74. The quantitative estimate of drug-likeness (QED) is 0.792. The van der Waals surface area contributed by atoms with Crippen molar-refractivity contribution in [1.29, 1.82) is 0 Å². The number of hydrogen-bond acceptors (Lipinski definition) is 4. The highest BCUT2D eigenvalue weighted by atomic mass is 19.1. The van der Waals surface area contributed by atoms with E-state index in [0.29, 0.717) is 0 Å². The van der Waals surface area contributed by atoms with Crippen molar-refractivity contribution in [2.45, 2.75) is 6.42 Å². The van der Waals surface area contributed by atoms with Gasteiger partial charge in [-0.3, -0.25) is 9.37 Å². The predicted molar refractivity (Wildman–Crippen MR) is 63.6 cm³/mol. The molecule has 2 aromatic heterocycles. The molecule has 0 radical (unpaired) electrons. The van der Waals surface area contributed by atoms with Crippen molar-refractivity contribution in [2.75, 3.05) is 24.7 Å². The van der Waals surface area contributed by atoms with Crippen LogP contribution >= 0.6 is 0 Å². The van der Waals surface area contributed by atoms with E-state index in [1.165, 1.54) is 0 Å². The maximum Gasteiger partial charge on any atom is 0.140 e. The van der Waals surface area contributed by atoms with Crippen molar-refractivity contribution >= 4 is 16.7 Å². The smallest absolute Gasteiger partial charge is 0.140 e. The lowest BCUT2D eigenvalue weighted by atomic mass is 10.1. The molecule has 0 amide bonds. The minimum atomic E-state index is -0.249. The molecule has 0 aromatic carbocycles. The first-order valence-electron chi connectivity index (χ1n) is 5.74. The normalized spacial score (nSPS) is 20.1. The molecular formula is C12H13FN4. The maximum atomic E-state index is 12.6. The SMILES string of the molecule is FCC1CCN(c2ncnc3cnccc23)C1. The second kappa shape index (κ2) is 4.24. The number of halogens is 1. The van der Waals surface area contributed by atoms with Crippen LogP contribution in [0, 0.1) is 5.92 Å². The Morgan fingerprint density at radius 1 is 1.41 bits per heavy atom. The number of pyridine rings is 1. The van der Waals surface area contributed by atoms with Crippen LogP contribution in [0.3, 0.4) is 0 Å². The summed E-state index contributed by atoms with van der Waals surface area (Å²) in [4.78, 5) is 14.7. The molecule has 1 fully saturated rings. The Bertz CT molecular complexity index is 525. The lowest BCUT2D eigenvalue weighted by Gasteiger charge is -2.18. The van der Waals surface area contributed by atoms with E-state index < -0.39 is 0 Å². The second-order valence-corrected chi connectivity index (χ2v) is 4.35. The monoisotopic (exact) mass is 232 g/mol. The van der Waals surface area contributed by atoms with E-state index in [2.05, 4.69) is 19.9 Å². The molecule has 3 rings (SSSR count).